The molecule has 0 spiro atoms. The maximum absolute atomic E-state index is 12.8. The Kier molecular flexibility index (Phi) is 9.92. The van der Waals surface area contributed by atoms with Gasteiger partial charge in [-0.3, -0.25) is 10.1 Å². The lowest BCUT2D eigenvalue weighted by Gasteiger charge is -2.26. The van der Waals surface area contributed by atoms with Gasteiger partial charge in [0.05, 0.1) is 11.4 Å². The van der Waals surface area contributed by atoms with Gasteiger partial charge in [-0.15, -0.1) is 0 Å². The first kappa shape index (κ1) is 27.3. The van der Waals surface area contributed by atoms with Gasteiger partial charge in [-0.1, -0.05) is 44.0 Å². The summed E-state index contributed by atoms with van der Waals surface area (Å²) < 4.78 is 13.1. The zero-order valence-electron chi connectivity index (χ0n) is 19.3. The smallest absolute Gasteiger partial charge is 0.412 e. The number of anilines is 3. The van der Waals surface area contributed by atoms with E-state index in [1.54, 1.807) is 67.6 Å². The monoisotopic (exact) mass is 617 g/mol. The molecule has 2 amide bonds. The fourth-order valence-electron chi connectivity index (χ4n) is 3.26. The van der Waals surface area contributed by atoms with E-state index in [1.165, 1.54) is 18.2 Å². The van der Waals surface area contributed by atoms with Crippen molar-refractivity contribution < 1.29 is 24.2 Å². The number of carbonyl (C=O) groups is 2. The molecule has 3 rings (SSSR count). The van der Waals surface area contributed by atoms with Crippen LogP contribution < -0.4 is 16.4 Å². The molecular formula is C26H25Br2N3O5. The second kappa shape index (κ2) is 13.1. The SMILES string of the molecule is CCO[C@H](/C=C/C(=O)Nc1ccccc1N)[C@H](OC(=O)Nc1ccc(Br)cc1)c1cc(Br)ccc1O. The van der Waals surface area contributed by atoms with Gasteiger partial charge in [-0.2, -0.15) is 0 Å². The minimum atomic E-state index is -1.08. The molecule has 0 heterocycles. The summed E-state index contributed by atoms with van der Waals surface area (Å²) >= 11 is 6.73. The van der Waals surface area contributed by atoms with Crippen molar-refractivity contribution in [3.63, 3.8) is 0 Å². The third-order valence-electron chi connectivity index (χ3n) is 4.93. The second-order valence-corrected chi connectivity index (χ2v) is 9.35. The molecule has 3 aromatic rings. The number of nitrogens with one attached hydrogen (secondary N) is 2. The molecule has 0 aromatic heterocycles. The molecule has 188 valence electrons. The van der Waals surface area contributed by atoms with Gasteiger partial charge >= 0.3 is 6.09 Å². The summed E-state index contributed by atoms with van der Waals surface area (Å²) in [5.41, 5.74) is 7.59. The molecule has 0 fully saturated rings. The van der Waals surface area contributed by atoms with Gasteiger partial charge in [0.2, 0.25) is 5.91 Å². The number of benzene rings is 3. The molecule has 8 nitrogen and oxygen atoms in total. The number of nitrogen functional groups attached to an aromatic ring is 1. The first-order valence-corrected chi connectivity index (χ1v) is 12.5. The van der Waals surface area contributed by atoms with Crippen molar-refractivity contribution in [2.24, 2.45) is 0 Å². The van der Waals surface area contributed by atoms with Crippen LogP contribution in [0, 0.1) is 0 Å². The van der Waals surface area contributed by atoms with E-state index in [0.717, 1.165) is 4.47 Å². The molecule has 3 aromatic carbocycles. The first-order valence-electron chi connectivity index (χ1n) is 10.9. The molecule has 2 atom stereocenters. The van der Waals surface area contributed by atoms with Crippen molar-refractivity contribution in [3.05, 3.63) is 93.4 Å². The van der Waals surface area contributed by atoms with E-state index < -0.39 is 24.2 Å². The molecule has 36 heavy (non-hydrogen) atoms. The van der Waals surface area contributed by atoms with Crippen LogP contribution >= 0.6 is 31.9 Å². The zero-order valence-corrected chi connectivity index (χ0v) is 22.5. The normalized spacial score (nSPS) is 12.6. The highest BCUT2D eigenvalue weighted by Gasteiger charge is 2.29. The molecule has 5 N–H and O–H groups in total. The number of ether oxygens (including phenoxy) is 2. The predicted octanol–water partition coefficient (Wildman–Crippen LogP) is 6.39. The van der Waals surface area contributed by atoms with Crippen LogP contribution in [0.25, 0.3) is 0 Å². The van der Waals surface area contributed by atoms with Crippen LogP contribution in [0.5, 0.6) is 5.75 Å². The lowest BCUT2D eigenvalue weighted by molar-refractivity contribution is -0.112. The summed E-state index contributed by atoms with van der Waals surface area (Å²) in [6.07, 6.45) is -0.00416. The summed E-state index contributed by atoms with van der Waals surface area (Å²) in [5.74, 6) is -0.548. The Labute approximate surface area is 225 Å². The standard InChI is InChI=1S/C26H25Br2N3O5/c1-2-35-23(13-14-24(33)31-21-6-4-3-5-20(21)29)25(19-15-17(28)9-12-22(19)32)36-26(34)30-18-10-7-16(27)8-11-18/h3-15,23,25,32H,2,29H2,1H3,(H,30,34)(H,31,33)/b14-13+/t23-,25-/m1/s1. The first-order chi connectivity index (χ1) is 17.3. The van der Waals surface area contributed by atoms with E-state index in [4.69, 9.17) is 15.2 Å². The maximum atomic E-state index is 12.8. The number of carbonyl (C=O) groups excluding carboxylic acids is 2. The highest BCUT2D eigenvalue weighted by molar-refractivity contribution is 9.10. The highest BCUT2D eigenvalue weighted by Crippen LogP contribution is 2.34. The van der Waals surface area contributed by atoms with Crippen LogP contribution in [0.3, 0.4) is 0 Å². The summed E-state index contributed by atoms with van der Waals surface area (Å²) in [6.45, 7) is 2.02. The molecule has 0 saturated carbocycles. The Morgan fingerprint density at radius 2 is 1.72 bits per heavy atom. The number of phenols is 1. The van der Waals surface area contributed by atoms with Gasteiger partial charge in [-0.05, 0) is 67.6 Å². The van der Waals surface area contributed by atoms with E-state index in [1.807, 2.05) is 0 Å². The number of halogens is 2. The number of hydrogen-bond acceptors (Lipinski definition) is 6. The van der Waals surface area contributed by atoms with Crippen LogP contribution in [0.4, 0.5) is 21.9 Å². The van der Waals surface area contributed by atoms with Crippen molar-refractivity contribution in [1.29, 1.82) is 0 Å². The van der Waals surface area contributed by atoms with Crippen molar-refractivity contribution >= 4 is 60.9 Å². The zero-order chi connectivity index (χ0) is 26.1. The Morgan fingerprint density at radius 3 is 2.42 bits per heavy atom. The van der Waals surface area contributed by atoms with Gasteiger partial charge < -0.3 is 25.6 Å². The quantitative estimate of drug-likeness (QED) is 0.163. The van der Waals surface area contributed by atoms with E-state index in [2.05, 4.69) is 42.5 Å². The molecule has 0 saturated heterocycles. The summed E-state index contributed by atoms with van der Waals surface area (Å²) in [5, 5.41) is 15.9. The van der Waals surface area contributed by atoms with E-state index in [0.29, 0.717) is 27.1 Å². The number of nitrogens with two attached hydrogens (primary N) is 1. The molecule has 0 unspecified atom stereocenters. The number of hydrogen-bond donors (Lipinski definition) is 4. The van der Waals surface area contributed by atoms with Crippen molar-refractivity contribution in [2.75, 3.05) is 23.0 Å². The predicted molar refractivity (Wildman–Crippen MR) is 147 cm³/mol. The average molecular weight is 619 g/mol. The summed E-state index contributed by atoms with van der Waals surface area (Å²) in [6, 6.07) is 18.6. The number of aromatic hydroxyl groups is 1. The molecule has 0 aliphatic heterocycles. The van der Waals surface area contributed by atoms with Crippen molar-refractivity contribution in [1.82, 2.24) is 0 Å². The molecule has 0 bridgehead atoms. The number of para-hydroxylation sites is 2. The van der Waals surface area contributed by atoms with Gasteiger partial charge in [0.1, 0.15) is 11.9 Å². The van der Waals surface area contributed by atoms with Gasteiger partial charge in [0, 0.05) is 32.9 Å². The van der Waals surface area contributed by atoms with Gasteiger partial charge in [0.25, 0.3) is 0 Å². The van der Waals surface area contributed by atoms with Crippen LogP contribution in [-0.4, -0.2) is 29.8 Å². The minimum absolute atomic E-state index is 0.0979. The molecule has 0 aliphatic rings. The highest BCUT2D eigenvalue weighted by atomic mass is 79.9. The van der Waals surface area contributed by atoms with Crippen molar-refractivity contribution in [2.45, 2.75) is 19.1 Å². The molecule has 0 aliphatic carbocycles. The van der Waals surface area contributed by atoms with Crippen LogP contribution in [0.2, 0.25) is 0 Å². The Bertz CT molecular complexity index is 1230. The van der Waals surface area contributed by atoms with E-state index in [-0.39, 0.29) is 12.4 Å². The molecular weight excluding hydrogens is 594 g/mol. The maximum Gasteiger partial charge on any atom is 0.412 e. The van der Waals surface area contributed by atoms with E-state index in [9.17, 15) is 14.7 Å². The largest absolute Gasteiger partial charge is 0.508 e. The third-order valence-corrected chi connectivity index (χ3v) is 5.96. The minimum Gasteiger partial charge on any atom is -0.508 e. The fourth-order valence-corrected chi connectivity index (χ4v) is 3.90. The lowest BCUT2D eigenvalue weighted by Crippen LogP contribution is -2.28. The fraction of sp³-hybridized carbons (Fsp3) is 0.154. The van der Waals surface area contributed by atoms with Gasteiger partial charge in [-0.25, -0.2) is 4.79 Å². The Balaban J connectivity index is 1.86. The van der Waals surface area contributed by atoms with Crippen LogP contribution in [0.1, 0.15) is 18.6 Å². The van der Waals surface area contributed by atoms with Crippen LogP contribution in [-0.2, 0) is 14.3 Å². The number of amides is 2. The number of phenolic OH excluding ortho intramolecular Hbond substituents is 1. The van der Waals surface area contributed by atoms with Crippen LogP contribution in [0.15, 0.2) is 87.8 Å². The van der Waals surface area contributed by atoms with E-state index >= 15 is 0 Å². The number of rotatable bonds is 9. The summed E-state index contributed by atoms with van der Waals surface area (Å²) in [4.78, 5) is 25.3. The lowest BCUT2D eigenvalue weighted by atomic mass is 10.0. The second-order valence-electron chi connectivity index (χ2n) is 7.52. The Morgan fingerprint density at radius 1 is 1.03 bits per heavy atom. The third kappa shape index (κ3) is 7.84. The van der Waals surface area contributed by atoms with Crippen molar-refractivity contribution in [3.8, 4) is 5.75 Å². The molecule has 0 radical (unpaired) electrons. The summed E-state index contributed by atoms with van der Waals surface area (Å²) in [7, 11) is 0. The average Bonchev–Trinajstić information content (AvgIpc) is 2.85. The van der Waals surface area contributed by atoms with Gasteiger partial charge in [0.15, 0.2) is 6.10 Å². The molecule has 10 heteroatoms. The Hall–Kier alpha value is -3.34. The topological polar surface area (TPSA) is 123 Å².